The first-order valence-electron chi connectivity index (χ1n) is 6.93. The SMILES string of the molecule is CCOc1ccc(S(=O)(=O)N2CCC(N)C(C)C2)cc1.Cl. The maximum atomic E-state index is 12.6. The normalized spacial score (nSPS) is 23.4. The van der Waals surface area contributed by atoms with Crippen molar-refractivity contribution in [3.05, 3.63) is 24.3 Å². The van der Waals surface area contributed by atoms with E-state index in [9.17, 15) is 8.42 Å². The molecule has 21 heavy (non-hydrogen) atoms. The van der Waals surface area contributed by atoms with E-state index in [0.29, 0.717) is 36.8 Å². The first-order chi connectivity index (χ1) is 9.45. The van der Waals surface area contributed by atoms with E-state index in [1.807, 2.05) is 13.8 Å². The van der Waals surface area contributed by atoms with Gasteiger partial charge in [-0.05, 0) is 43.5 Å². The number of nitrogens with zero attached hydrogens (tertiary/aromatic N) is 1. The maximum Gasteiger partial charge on any atom is 0.243 e. The summed E-state index contributed by atoms with van der Waals surface area (Å²) in [6.45, 7) is 5.42. The minimum Gasteiger partial charge on any atom is -0.494 e. The molecule has 120 valence electrons. The number of ether oxygens (including phenoxy) is 1. The fourth-order valence-corrected chi connectivity index (χ4v) is 3.92. The third-order valence-corrected chi connectivity index (χ3v) is 5.59. The van der Waals surface area contributed by atoms with Gasteiger partial charge in [0, 0.05) is 19.1 Å². The Morgan fingerprint density at radius 2 is 1.95 bits per heavy atom. The molecule has 0 radical (unpaired) electrons. The lowest BCUT2D eigenvalue weighted by Gasteiger charge is -2.34. The Morgan fingerprint density at radius 3 is 2.48 bits per heavy atom. The molecule has 5 nitrogen and oxygen atoms in total. The van der Waals surface area contributed by atoms with Crippen LogP contribution in [0, 0.1) is 5.92 Å². The largest absolute Gasteiger partial charge is 0.494 e. The standard InChI is InChI=1S/C14H22N2O3S.ClH/c1-3-19-12-4-6-13(7-5-12)20(17,18)16-9-8-14(15)11(2)10-16;/h4-7,11,14H,3,8-10,15H2,1-2H3;1H. The van der Waals surface area contributed by atoms with Crippen LogP contribution in [0.2, 0.25) is 0 Å². The van der Waals surface area contributed by atoms with Gasteiger partial charge in [0.1, 0.15) is 5.75 Å². The quantitative estimate of drug-likeness (QED) is 0.912. The van der Waals surface area contributed by atoms with Gasteiger partial charge in [0.15, 0.2) is 0 Å². The van der Waals surface area contributed by atoms with Crippen LogP contribution in [0.1, 0.15) is 20.3 Å². The van der Waals surface area contributed by atoms with Crippen LogP contribution >= 0.6 is 12.4 Å². The zero-order valence-electron chi connectivity index (χ0n) is 12.4. The topological polar surface area (TPSA) is 72.6 Å². The molecule has 2 N–H and O–H groups in total. The van der Waals surface area contributed by atoms with Crippen LogP contribution in [-0.4, -0.2) is 38.5 Å². The second kappa shape index (κ2) is 7.45. The molecular formula is C14H23ClN2O3S. The summed E-state index contributed by atoms with van der Waals surface area (Å²) in [5.41, 5.74) is 5.94. The molecule has 1 heterocycles. The highest BCUT2D eigenvalue weighted by molar-refractivity contribution is 7.89. The molecule has 2 rings (SSSR count). The summed E-state index contributed by atoms with van der Waals surface area (Å²) in [4.78, 5) is 0.309. The minimum absolute atomic E-state index is 0. The average Bonchev–Trinajstić information content (AvgIpc) is 2.43. The number of hydrogen-bond acceptors (Lipinski definition) is 4. The molecule has 1 aromatic carbocycles. The van der Waals surface area contributed by atoms with E-state index in [1.54, 1.807) is 24.3 Å². The van der Waals surface area contributed by atoms with Gasteiger partial charge >= 0.3 is 0 Å². The average molecular weight is 335 g/mol. The Kier molecular flexibility index (Phi) is 6.46. The number of benzene rings is 1. The van der Waals surface area contributed by atoms with Crippen LogP contribution in [0.3, 0.4) is 0 Å². The van der Waals surface area contributed by atoms with Crippen molar-refractivity contribution in [2.75, 3.05) is 19.7 Å². The molecule has 1 aromatic rings. The molecule has 0 saturated carbocycles. The van der Waals surface area contributed by atoms with Gasteiger partial charge in [-0.15, -0.1) is 12.4 Å². The first-order valence-corrected chi connectivity index (χ1v) is 8.37. The monoisotopic (exact) mass is 334 g/mol. The highest BCUT2D eigenvalue weighted by Gasteiger charge is 2.31. The lowest BCUT2D eigenvalue weighted by atomic mass is 9.96. The van der Waals surface area contributed by atoms with E-state index in [-0.39, 0.29) is 24.4 Å². The van der Waals surface area contributed by atoms with E-state index in [1.165, 1.54) is 4.31 Å². The zero-order valence-corrected chi connectivity index (χ0v) is 14.0. The van der Waals surface area contributed by atoms with Crippen molar-refractivity contribution in [1.82, 2.24) is 4.31 Å². The minimum atomic E-state index is -3.43. The summed E-state index contributed by atoms with van der Waals surface area (Å²) < 4.78 is 32.0. The Balaban J connectivity index is 0.00000220. The molecule has 0 aliphatic carbocycles. The van der Waals surface area contributed by atoms with Gasteiger partial charge in [0.25, 0.3) is 0 Å². The Bertz CT molecular complexity index is 548. The van der Waals surface area contributed by atoms with Crippen LogP contribution in [0.25, 0.3) is 0 Å². The van der Waals surface area contributed by atoms with Crippen molar-refractivity contribution in [1.29, 1.82) is 0 Å². The Morgan fingerprint density at radius 1 is 1.33 bits per heavy atom. The fraction of sp³-hybridized carbons (Fsp3) is 0.571. The number of piperidine rings is 1. The van der Waals surface area contributed by atoms with Crippen LogP contribution in [0.15, 0.2) is 29.2 Å². The molecule has 0 bridgehead atoms. The van der Waals surface area contributed by atoms with E-state index < -0.39 is 10.0 Å². The van der Waals surface area contributed by atoms with Gasteiger partial charge in [-0.25, -0.2) is 8.42 Å². The summed E-state index contributed by atoms with van der Waals surface area (Å²) in [6, 6.07) is 6.66. The second-order valence-electron chi connectivity index (χ2n) is 5.20. The van der Waals surface area contributed by atoms with Crippen LogP contribution in [0.5, 0.6) is 5.75 Å². The summed E-state index contributed by atoms with van der Waals surface area (Å²) in [7, 11) is -3.43. The Hall–Kier alpha value is -0.820. The van der Waals surface area contributed by atoms with Gasteiger partial charge in [-0.2, -0.15) is 4.31 Å². The summed E-state index contributed by atoms with van der Waals surface area (Å²) >= 11 is 0. The molecule has 1 fully saturated rings. The molecule has 2 atom stereocenters. The smallest absolute Gasteiger partial charge is 0.243 e. The first kappa shape index (κ1) is 18.2. The predicted octanol–water partition coefficient (Wildman–Crippen LogP) is 1.86. The fourth-order valence-electron chi connectivity index (χ4n) is 2.37. The number of hydrogen-bond donors (Lipinski definition) is 1. The van der Waals surface area contributed by atoms with Crippen LogP contribution in [-0.2, 0) is 10.0 Å². The van der Waals surface area contributed by atoms with Gasteiger partial charge < -0.3 is 10.5 Å². The van der Waals surface area contributed by atoms with Crippen LogP contribution in [0.4, 0.5) is 0 Å². The summed E-state index contributed by atoms with van der Waals surface area (Å²) in [5, 5.41) is 0. The lowest BCUT2D eigenvalue weighted by molar-refractivity contribution is 0.250. The number of halogens is 1. The molecule has 1 saturated heterocycles. The molecule has 2 unspecified atom stereocenters. The van der Waals surface area contributed by atoms with Crippen molar-refractivity contribution in [2.24, 2.45) is 11.7 Å². The van der Waals surface area contributed by atoms with Gasteiger partial charge in [-0.3, -0.25) is 0 Å². The van der Waals surface area contributed by atoms with Gasteiger partial charge in [-0.1, -0.05) is 6.92 Å². The highest BCUT2D eigenvalue weighted by Crippen LogP contribution is 2.24. The predicted molar refractivity (Wildman–Crippen MR) is 85.4 cm³/mol. The molecule has 0 spiro atoms. The van der Waals surface area contributed by atoms with Crippen molar-refractivity contribution in [2.45, 2.75) is 31.2 Å². The molecule has 0 amide bonds. The second-order valence-corrected chi connectivity index (χ2v) is 7.14. The van der Waals surface area contributed by atoms with Crippen LogP contribution < -0.4 is 10.5 Å². The summed E-state index contributed by atoms with van der Waals surface area (Å²) in [5.74, 6) is 0.863. The van der Waals surface area contributed by atoms with E-state index in [2.05, 4.69) is 0 Å². The van der Waals surface area contributed by atoms with Crippen molar-refractivity contribution >= 4 is 22.4 Å². The molecule has 7 heteroatoms. The molecule has 0 aromatic heterocycles. The maximum absolute atomic E-state index is 12.6. The van der Waals surface area contributed by atoms with Crippen molar-refractivity contribution in [3.63, 3.8) is 0 Å². The number of rotatable bonds is 4. The van der Waals surface area contributed by atoms with Gasteiger partial charge in [0.2, 0.25) is 10.0 Å². The molecule has 1 aliphatic rings. The zero-order chi connectivity index (χ0) is 14.8. The highest BCUT2D eigenvalue weighted by atomic mass is 35.5. The third kappa shape index (κ3) is 4.10. The van der Waals surface area contributed by atoms with E-state index in [4.69, 9.17) is 10.5 Å². The molecule has 1 aliphatic heterocycles. The summed E-state index contributed by atoms with van der Waals surface area (Å²) in [6.07, 6.45) is 0.706. The molecular weight excluding hydrogens is 312 g/mol. The van der Waals surface area contributed by atoms with E-state index in [0.717, 1.165) is 0 Å². The lowest BCUT2D eigenvalue weighted by Crippen LogP contribution is -2.48. The number of nitrogens with two attached hydrogens (primary N) is 1. The Labute approximate surface area is 132 Å². The third-order valence-electron chi connectivity index (χ3n) is 3.71. The van der Waals surface area contributed by atoms with E-state index >= 15 is 0 Å². The van der Waals surface area contributed by atoms with Gasteiger partial charge in [0.05, 0.1) is 11.5 Å². The van der Waals surface area contributed by atoms with Crippen molar-refractivity contribution < 1.29 is 13.2 Å². The number of sulfonamides is 1. The van der Waals surface area contributed by atoms with Crippen molar-refractivity contribution in [3.8, 4) is 5.75 Å².